The number of carbonyl (C=O) groups is 1. The molecule has 4 heterocycles. The molecule has 0 amide bonds. The molecule has 37 heavy (non-hydrogen) atoms. The van der Waals surface area contributed by atoms with Gasteiger partial charge in [0.25, 0.3) is 5.56 Å². The van der Waals surface area contributed by atoms with Gasteiger partial charge in [-0.2, -0.15) is 0 Å². The van der Waals surface area contributed by atoms with Gasteiger partial charge in [0.2, 0.25) is 0 Å². The summed E-state index contributed by atoms with van der Waals surface area (Å²) in [4.78, 5) is 32.2. The minimum atomic E-state index is -0.118. The van der Waals surface area contributed by atoms with Crippen LogP contribution in [0.4, 0.5) is 5.69 Å². The Kier molecular flexibility index (Phi) is 8.41. The van der Waals surface area contributed by atoms with E-state index in [0.717, 1.165) is 73.5 Å². The fourth-order valence-electron chi connectivity index (χ4n) is 5.41. The molecule has 0 radical (unpaired) electrons. The molecule has 198 valence electrons. The fraction of sp³-hybridized carbons (Fsp3) is 0.536. The first-order valence-electron chi connectivity index (χ1n) is 13.3. The van der Waals surface area contributed by atoms with E-state index in [2.05, 4.69) is 35.1 Å². The largest absolute Gasteiger partial charge is 0.469 e. The molecule has 2 atom stereocenters. The Labute approximate surface area is 218 Å². The lowest BCUT2D eigenvalue weighted by Gasteiger charge is -2.24. The highest BCUT2D eigenvalue weighted by molar-refractivity contribution is 5.73. The molecule has 1 fully saturated rings. The molecule has 3 aromatic heterocycles. The van der Waals surface area contributed by atoms with Gasteiger partial charge in [-0.25, -0.2) is 9.67 Å². The molecular weight excluding hydrogens is 468 g/mol. The molecule has 9 nitrogen and oxygen atoms in total. The maximum atomic E-state index is 12.6. The van der Waals surface area contributed by atoms with Crippen molar-refractivity contribution in [3.05, 3.63) is 57.8 Å². The summed E-state index contributed by atoms with van der Waals surface area (Å²) >= 11 is 0. The molecule has 1 unspecified atom stereocenters. The van der Waals surface area contributed by atoms with Crippen molar-refractivity contribution in [1.29, 1.82) is 0 Å². The van der Waals surface area contributed by atoms with Gasteiger partial charge in [-0.05, 0) is 49.3 Å². The van der Waals surface area contributed by atoms with E-state index >= 15 is 0 Å². The van der Waals surface area contributed by atoms with Gasteiger partial charge in [-0.1, -0.05) is 38.5 Å². The van der Waals surface area contributed by atoms with Crippen LogP contribution in [-0.4, -0.2) is 50.7 Å². The number of aryl methyl sites for hydroxylation is 3. The summed E-state index contributed by atoms with van der Waals surface area (Å²) in [6.45, 7) is 8.35. The van der Waals surface area contributed by atoms with E-state index < -0.39 is 0 Å². The Balaban J connectivity index is 1.60. The highest BCUT2D eigenvalue weighted by Crippen LogP contribution is 2.33. The monoisotopic (exact) mass is 506 g/mol. The zero-order valence-electron chi connectivity index (χ0n) is 22.6. The second kappa shape index (κ2) is 11.7. The zero-order chi connectivity index (χ0) is 26.5. The van der Waals surface area contributed by atoms with Gasteiger partial charge < -0.3 is 14.2 Å². The van der Waals surface area contributed by atoms with E-state index in [1.54, 1.807) is 15.3 Å². The number of pyridine rings is 2. The number of carbonyl (C=O) groups excluding carboxylic acids is 1. The van der Waals surface area contributed by atoms with Crippen LogP contribution in [0.3, 0.4) is 0 Å². The standard InChI is InChI=1S/C28H38N6O3/c1-6-9-19-10-13-26(35)34(16-19)18-25-27(30-31-32(25)4)23-11-12-24(22(8-3)29-23)33-15-14-20(17-33)21(7-2)28(36)37-5/h10-13,16,20-21H,6-9,14-15,17-18H2,1-5H3/t20-,21?/m1/s1. The third kappa shape index (κ3) is 5.60. The Morgan fingerprint density at radius 3 is 2.70 bits per heavy atom. The Morgan fingerprint density at radius 1 is 1.19 bits per heavy atom. The number of esters is 1. The first-order chi connectivity index (χ1) is 17.9. The molecule has 1 saturated heterocycles. The number of anilines is 1. The van der Waals surface area contributed by atoms with Crippen LogP contribution in [0.25, 0.3) is 11.4 Å². The summed E-state index contributed by atoms with van der Waals surface area (Å²) in [7, 11) is 3.31. The van der Waals surface area contributed by atoms with Gasteiger partial charge in [-0.3, -0.25) is 9.59 Å². The van der Waals surface area contributed by atoms with E-state index in [0.29, 0.717) is 12.2 Å². The third-order valence-corrected chi connectivity index (χ3v) is 7.45. The SMILES string of the molecule is CCCc1ccc(=O)n(Cc2c(-c3ccc(N4CC[C@@H](C(CC)C(=O)OC)C4)c(CC)n3)nnn2C)c1. The van der Waals surface area contributed by atoms with Crippen molar-refractivity contribution in [2.75, 3.05) is 25.1 Å². The second-order valence-electron chi connectivity index (χ2n) is 9.81. The smallest absolute Gasteiger partial charge is 0.308 e. The maximum absolute atomic E-state index is 12.6. The van der Waals surface area contributed by atoms with Crippen molar-refractivity contribution in [3.8, 4) is 11.4 Å². The van der Waals surface area contributed by atoms with Crippen LogP contribution in [-0.2, 0) is 36.0 Å². The predicted octanol–water partition coefficient (Wildman–Crippen LogP) is 3.63. The average Bonchev–Trinajstić information content (AvgIpc) is 3.53. The lowest BCUT2D eigenvalue weighted by Crippen LogP contribution is -2.28. The van der Waals surface area contributed by atoms with Gasteiger partial charge in [0.15, 0.2) is 0 Å². The van der Waals surface area contributed by atoms with Crippen molar-refractivity contribution in [2.24, 2.45) is 18.9 Å². The molecule has 9 heteroatoms. The Hall–Kier alpha value is -3.49. The number of rotatable bonds is 10. The van der Waals surface area contributed by atoms with Crippen molar-refractivity contribution in [2.45, 2.75) is 59.4 Å². The predicted molar refractivity (Wildman–Crippen MR) is 144 cm³/mol. The van der Waals surface area contributed by atoms with E-state index in [1.165, 1.54) is 7.11 Å². The van der Waals surface area contributed by atoms with Crippen molar-refractivity contribution < 1.29 is 9.53 Å². The highest BCUT2D eigenvalue weighted by atomic mass is 16.5. The Bertz CT molecular complexity index is 1300. The summed E-state index contributed by atoms with van der Waals surface area (Å²) in [5.41, 5.74) is 5.45. The molecule has 0 N–H and O–H groups in total. The lowest BCUT2D eigenvalue weighted by molar-refractivity contribution is -0.147. The van der Waals surface area contributed by atoms with Gasteiger partial charge in [0, 0.05) is 32.4 Å². The normalized spacial score (nSPS) is 16.2. The number of methoxy groups -OCH3 is 1. The van der Waals surface area contributed by atoms with Crippen molar-refractivity contribution in [1.82, 2.24) is 24.5 Å². The van der Waals surface area contributed by atoms with E-state index in [1.807, 2.05) is 32.3 Å². The van der Waals surface area contributed by atoms with Crippen molar-refractivity contribution in [3.63, 3.8) is 0 Å². The summed E-state index contributed by atoms with van der Waals surface area (Å²) < 4.78 is 8.48. The molecule has 0 spiro atoms. The summed E-state index contributed by atoms with van der Waals surface area (Å²) in [5, 5.41) is 8.67. The Morgan fingerprint density at radius 2 is 2.00 bits per heavy atom. The molecule has 0 aliphatic carbocycles. The van der Waals surface area contributed by atoms with E-state index in [9.17, 15) is 9.59 Å². The minimum Gasteiger partial charge on any atom is -0.469 e. The summed E-state index contributed by atoms with van der Waals surface area (Å²) in [6, 6.07) is 7.62. The topological polar surface area (TPSA) is 95.1 Å². The van der Waals surface area contributed by atoms with Crippen LogP contribution >= 0.6 is 0 Å². The fourth-order valence-corrected chi connectivity index (χ4v) is 5.41. The lowest BCUT2D eigenvalue weighted by atomic mass is 9.89. The number of aromatic nitrogens is 5. The highest BCUT2D eigenvalue weighted by Gasteiger charge is 2.34. The number of hydrogen-bond donors (Lipinski definition) is 0. The average molecular weight is 507 g/mol. The van der Waals surface area contributed by atoms with Gasteiger partial charge in [-0.15, -0.1) is 5.10 Å². The van der Waals surface area contributed by atoms with E-state index in [-0.39, 0.29) is 23.4 Å². The number of hydrogen-bond acceptors (Lipinski definition) is 7. The van der Waals surface area contributed by atoms with E-state index in [4.69, 9.17) is 9.72 Å². The first kappa shape index (κ1) is 26.6. The minimum absolute atomic E-state index is 0.0505. The maximum Gasteiger partial charge on any atom is 0.308 e. The molecule has 0 bridgehead atoms. The first-order valence-corrected chi connectivity index (χ1v) is 13.3. The van der Waals surface area contributed by atoms with Crippen LogP contribution in [0.15, 0.2) is 35.3 Å². The molecule has 4 rings (SSSR count). The quantitative estimate of drug-likeness (QED) is 0.388. The molecule has 1 aliphatic heterocycles. The van der Waals surface area contributed by atoms with Crippen LogP contribution in [0.1, 0.15) is 57.0 Å². The molecule has 1 aliphatic rings. The number of nitrogens with zero attached hydrogens (tertiary/aromatic N) is 6. The van der Waals surface area contributed by atoms with Crippen LogP contribution in [0.5, 0.6) is 0 Å². The molecule has 3 aromatic rings. The number of ether oxygens (including phenoxy) is 1. The molecule has 0 saturated carbocycles. The molecule has 0 aromatic carbocycles. The van der Waals surface area contributed by atoms with Crippen LogP contribution in [0.2, 0.25) is 0 Å². The summed E-state index contributed by atoms with van der Waals surface area (Å²) in [6.07, 6.45) is 6.38. The van der Waals surface area contributed by atoms with Gasteiger partial charge in [0.05, 0.1) is 42.3 Å². The second-order valence-corrected chi connectivity index (χ2v) is 9.81. The summed E-state index contributed by atoms with van der Waals surface area (Å²) in [5.74, 6) is 0.0805. The van der Waals surface area contributed by atoms with Crippen molar-refractivity contribution >= 4 is 11.7 Å². The zero-order valence-corrected chi connectivity index (χ0v) is 22.6. The van der Waals surface area contributed by atoms with Gasteiger partial charge in [0.1, 0.15) is 5.69 Å². The van der Waals surface area contributed by atoms with Crippen LogP contribution < -0.4 is 10.5 Å². The van der Waals surface area contributed by atoms with Crippen LogP contribution in [0, 0.1) is 11.8 Å². The molecular formula is C28H38N6O3. The van der Waals surface area contributed by atoms with Gasteiger partial charge >= 0.3 is 5.97 Å². The third-order valence-electron chi connectivity index (χ3n) is 7.45.